The lowest BCUT2D eigenvalue weighted by atomic mass is 10.1. The van der Waals surface area contributed by atoms with Crippen LogP contribution in [0.15, 0.2) is 35.1 Å². The van der Waals surface area contributed by atoms with Crippen LogP contribution in [0.5, 0.6) is 5.75 Å². The lowest BCUT2D eigenvalue weighted by molar-refractivity contribution is -0.0567. The monoisotopic (exact) mass is 328 g/mol. The van der Waals surface area contributed by atoms with E-state index in [1.807, 2.05) is 44.2 Å². The average molecular weight is 328 g/mol. The van der Waals surface area contributed by atoms with E-state index in [0.29, 0.717) is 19.0 Å². The summed E-state index contributed by atoms with van der Waals surface area (Å²) in [5.41, 5.74) is -0.0874. The average Bonchev–Trinajstić information content (AvgIpc) is 2.55. The summed E-state index contributed by atoms with van der Waals surface area (Å²) in [4.78, 5) is 29.2. The second-order valence-electron chi connectivity index (χ2n) is 6.26. The second-order valence-corrected chi connectivity index (χ2v) is 6.26. The molecule has 3 rings (SSSR count). The van der Waals surface area contributed by atoms with Crippen LogP contribution in [-0.2, 0) is 23.5 Å². The summed E-state index contributed by atoms with van der Waals surface area (Å²) in [6, 6.07) is 9.48. The third kappa shape index (κ3) is 2.97. The number of aromatic nitrogens is 2. The SMILES string of the molecule is CC(=O)c1nc2n(c(=O)c1OCc1ccccc1)CCOC2(C)C. The Hall–Kier alpha value is -2.47. The van der Waals surface area contributed by atoms with Crippen LogP contribution in [0, 0.1) is 0 Å². The van der Waals surface area contributed by atoms with E-state index in [2.05, 4.69) is 4.98 Å². The second kappa shape index (κ2) is 6.20. The Labute approximate surface area is 140 Å². The standard InChI is InChI=1S/C18H20N2O4/c1-12(21)14-15(23-11-13-7-5-4-6-8-13)16(22)20-9-10-24-18(2,3)17(20)19-14/h4-8H,9-11H2,1-3H3. The molecule has 0 fully saturated rings. The van der Waals surface area contributed by atoms with Gasteiger partial charge in [0.1, 0.15) is 18.0 Å². The highest BCUT2D eigenvalue weighted by Gasteiger charge is 2.34. The maximum Gasteiger partial charge on any atom is 0.296 e. The van der Waals surface area contributed by atoms with Crippen LogP contribution in [0.1, 0.15) is 42.6 Å². The number of benzene rings is 1. The molecule has 1 aromatic heterocycles. The van der Waals surface area contributed by atoms with E-state index in [1.54, 1.807) is 0 Å². The maximum atomic E-state index is 12.8. The zero-order chi connectivity index (χ0) is 17.3. The quantitative estimate of drug-likeness (QED) is 0.805. The van der Waals surface area contributed by atoms with Crippen LogP contribution >= 0.6 is 0 Å². The van der Waals surface area contributed by atoms with Crippen LogP contribution in [0.3, 0.4) is 0 Å². The first-order valence-electron chi connectivity index (χ1n) is 7.87. The highest BCUT2D eigenvalue weighted by atomic mass is 16.5. The van der Waals surface area contributed by atoms with E-state index in [1.165, 1.54) is 11.5 Å². The summed E-state index contributed by atoms with van der Waals surface area (Å²) < 4.78 is 12.9. The number of carbonyl (C=O) groups is 1. The first-order chi connectivity index (χ1) is 11.4. The topological polar surface area (TPSA) is 70.4 Å². The van der Waals surface area contributed by atoms with Gasteiger partial charge < -0.3 is 9.47 Å². The molecule has 126 valence electrons. The van der Waals surface area contributed by atoms with Crippen molar-refractivity contribution in [2.75, 3.05) is 6.61 Å². The van der Waals surface area contributed by atoms with Crippen LogP contribution < -0.4 is 10.3 Å². The molecule has 6 nitrogen and oxygen atoms in total. The van der Waals surface area contributed by atoms with Gasteiger partial charge in [0.15, 0.2) is 11.5 Å². The zero-order valence-electron chi connectivity index (χ0n) is 14.0. The molecule has 24 heavy (non-hydrogen) atoms. The molecule has 0 spiro atoms. The highest BCUT2D eigenvalue weighted by molar-refractivity contribution is 5.94. The Bertz CT molecular complexity index is 825. The van der Waals surface area contributed by atoms with Crippen molar-refractivity contribution in [1.82, 2.24) is 9.55 Å². The summed E-state index contributed by atoms with van der Waals surface area (Å²) in [7, 11) is 0. The van der Waals surface area contributed by atoms with E-state index in [9.17, 15) is 9.59 Å². The highest BCUT2D eigenvalue weighted by Crippen LogP contribution is 2.28. The molecule has 0 amide bonds. The first-order valence-corrected chi connectivity index (χ1v) is 7.87. The van der Waals surface area contributed by atoms with Gasteiger partial charge in [-0.1, -0.05) is 30.3 Å². The number of fused-ring (bicyclic) bond motifs is 1. The molecule has 6 heteroatoms. The molecule has 0 unspecified atom stereocenters. The number of hydrogen-bond donors (Lipinski definition) is 0. The van der Waals surface area contributed by atoms with Crippen LogP contribution in [-0.4, -0.2) is 21.9 Å². The number of ether oxygens (including phenoxy) is 2. The number of ketones is 1. The molecule has 0 aliphatic carbocycles. The van der Waals surface area contributed by atoms with Gasteiger partial charge in [0.2, 0.25) is 5.75 Å². The van der Waals surface area contributed by atoms with Crippen molar-refractivity contribution in [1.29, 1.82) is 0 Å². The Balaban J connectivity index is 2.05. The third-order valence-electron chi connectivity index (χ3n) is 4.00. The lowest BCUT2D eigenvalue weighted by Gasteiger charge is -2.32. The molecule has 2 aromatic rings. The molecule has 1 aromatic carbocycles. The Morgan fingerprint density at radius 1 is 1.33 bits per heavy atom. The molecule has 0 saturated carbocycles. The molecule has 1 aliphatic rings. The minimum Gasteiger partial charge on any atom is -0.481 e. The van der Waals surface area contributed by atoms with Crippen molar-refractivity contribution in [3.63, 3.8) is 0 Å². The smallest absolute Gasteiger partial charge is 0.296 e. The normalized spacial score (nSPS) is 15.6. The number of carbonyl (C=O) groups excluding carboxylic acids is 1. The maximum absolute atomic E-state index is 12.8. The molecule has 2 heterocycles. The number of nitrogens with zero attached hydrogens (tertiary/aromatic N) is 2. The minimum atomic E-state index is -0.723. The van der Waals surface area contributed by atoms with Gasteiger partial charge in [0, 0.05) is 6.92 Å². The number of Topliss-reactive ketones (excluding diaryl/α,β-unsaturated/α-hetero) is 1. The van der Waals surface area contributed by atoms with Crippen molar-refractivity contribution in [3.05, 3.63) is 57.8 Å². The van der Waals surface area contributed by atoms with Crippen molar-refractivity contribution < 1.29 is 14.3 Å². The van der Waals surface area contributed by atoms with E-state index < -0.39 is 5.60 Å². The Kier molecular flexibility index (Phi) is 4.24. The largest absolute Gasteiger partial charge is 0.481 e. The van der Waals surface area contributed by atoms with E-state index in [-0.39, 0.29) is 29.4 Å². The van der Waals surface area contributed by atoms with E-state index in [0.717, 1.165) is 5.56 Å². The van der Waals surface area contributed by atoms with Crippen LogP contribution in [0.2, 0.25) is 0 Å². The summed E-state index contributed by atoms with van der Waals surface area (Å²) in [5.74, 6) is 0.156. The molecule has 1 aliphatic heterocycles. The molecule has 0 bridgehead atoms. The van der Waals surface area contributed by atoms with Gasteiger partial charge in [0.05, 0.1) is 13.2 Å². The van der Waals surface area contributed by atoms with Gasteiger partial charge in [-0.25, -0.2) is 4.98 Å². The summed E-state index contributed by atoms with van der Waals surface area (Å²) in [6.45, 7) is 6.06. The Morgan fingerprint density at radius 3 is 2.71 bits per heavy atom. The van der Waals surface area contributed by atoms with Crippen molar-refractivity contribution in [3.8, 4) is 5.75 Å². The molecule has 0 saturated heterocycles. The van der Waals surface area contributed by atoms with Crippen molar-refractivity contribution >= 4 is 5.78 Å². The molecule has 0 N–H and O–H groups in total. The molecular formula is C18H20N2O4. The molecule has 0 radical (unpaired) electrons. The fraction of sp³-hybridized carbons (Fsp3) is 0.389. The van der Waals surface area contributed by atoms with Gasteiger partial charge in [-0.15, -0.1) is 0 Å². The van der Waals surface area contributed by atoms with Crippen molar-refractivity contribution in [2.24, 2.45) is 0 Å². The summed E-state index contributed by atoms with van der Waals surface area (Å²) in [6.07, 6.45) is 0. The first kappa shape index (κ1) is 16.4. The predicted molar refractivity (Wildman–Crippen MR) is 88.3 cm³/mol. The van der Waals surface area contributed by atoms with Crippen LogP contribution in [0.4, 0.5) is 0 Å². The van der Waals surface area contributed by atoms with E-state index >= 15 is 0 Å². The van der Waals surface area contributed by atoms with E-state index in [4.69, 9.17) is 9.47 Å². The number of hydrogen-bond acceptors (Lipinski definition) is 5. The van der Waals surface area contributed by atoms with Gasteiger partial charge in [-0.05, 0) is 19.4 Å². The fourth-order valence-corrected chi connectivity index (χ4v) is 2.76. The van der Waals surface area contributed by atoms with Crippen molar-refractivity contribution in [2.45, 2.75) is 39.5 Å². The minimum absolute atomic E-state index is 0.00723. The van der Waals surface area contributed by atoms with Gasteiger partial charge >= 0.3 is 0 Å². The molecular weight excluding hydrogens is 308 g/mol. The molecule has 0 atom stereocenters. The predicted octanol–water partition coefficient (Wildman–Crippen LogP) is 2.29. The number of rotatable bonds is 4. The zero-order valence-corrected chi connectivity index (χ0v) is 14.0. The van der Waals surface area contributed by atoms with Gasteiger partial charge in [-0.2, -0.15) is 0 Å². The van der Waals surface area contributed by atoms with Gasteiger partial charge in [-0.3, -0.25) is 14.2 Å². The third-order valence-corrected chi connectivity index (χ3v) is 4.00. The lowest BCUT2D eigenvalue weighted by Crippen LogP contribution is -2.42. The fourth-order valence-electron chi connectivity index (χ4n) is 2.76. The Morgan fingerprint density at radius 2 is 2.04 bits per heavy atom. The van der Waals surface area contributed by atoms with Crippen LogP contribution in [0.25, 0.3) is 0 Å². The van der Waals surface area contributed by atoms with Gasteiger partial charge in [0.25, 0.3) is 5.56 Å². The summed E-state index contributed by atoms with van der Waals surface area (Å²) >= 11 is 0. The summed E-state index contributed by atoms with van der Waals surface area (Å²) in [5, 5.41) is 0.